The van der Waals surface area contributed by atoms with E-state index in [0.717, 1.165) is 25.6 Å². The van der Waals surface area contributed by atoms with E-state index in [1.807, 2.05) is 0 Å². The van der Waals surface area contributed by atoms with Crippen molar-refractivity contribution in [2.45, 2.75) is 70.9 Å². The summed E-state index contributed by atoms with van der Waals surface area (Å²) < 4.78 is 5.87. The van der Waals surface area contributed by atoms with E-state index in [-0.39, 0.29) is 0 Å². The van der Waals surface area contributed by atoms with Gasteiger partial charge in [0.2, 0.25) is 0 Å². The summed E-state index contributed by atoms with van der Waals surface area (Å²) in [6.07, 6.45) is 9.81. The van der Waals surface area contributed by atoms with Crippen LogP contribution in [0.1, 0.15) is 58.8 Å². The van der Waals surface area contributed by atoms with E-state index in [2.05, 4.69) is 18.7 Å². The summed E-state index contributed by atoms with van der Waals surface area (Å²) in [5.41, 5.74) is 6.06. The van der Waals surface area contributed by atoms with Gasteiger partial charge in [0.05, 0.1) is 6.10 Å². The molecule has 0 radical (unpaired) electrons. The number of likely N-dealkylation sites (tertiary alicyclic amines) is 1. The van der Waals surface area contributed by atoms with E-state index in [1.54, 1.807) is 0 Å². The molecule has 1 heterocycles. The van der Waals surface area contributed by atoms with Gasteiger partial charge >= 0.3 is 0 Å². The second-order valence-electron chi connectivity index (χ2n) is 6.75. The van der Waals surface area contributed by atoms with Crippen LogP contribution in [0.25, 0.3) is 0 Å². The molecule has 2 fully saturated rings. The number of nitrogens with zero attached hydrogens (tertiary/aromatic N) is 1. The number of hydrogen-bond acceptors (Lipinski definition) is 3. The topological polar surface area (TPSA) is 38.5 Å². The van der Waals surface area contributed by atoms with Crippen molar-refractivity contribution in [2.24, 2.45) is 17.6 Å². The third kappa shape index (κ3) is 4.19. The number of rotatable bonds is 6. The van der Waals surface area contributed by atoms with Crippen LogP contribution in [-0.2, 0) is 4.74 Å². The maximum Gasteiger partial charge on any atom is 0.0702 e. The Kier molecular flexibility index (Phi) is 6.79. The zero-order chi connectivity index (χ0) is 14.4. The van der Waals surface area contributed by atoms with E-state index >= 15 is 0 Å². The predicted octanol–water partition coefficient (Wildman–Crippen LogP) is 3.03. The van der Waals surface area contributed by atoms with Crippen molar-refractivity contribution in [3.05, 3.63) is 0 Å². The monoisotopic (exact) mass is 282 g/mol. The number of ether oxygens (including phenoxy) is 1. The predicted molar refractivity (Wildman–Crippen MR) is 84.8 cm³/mol. The summed E-state index contributed by atoms with van der Waals surface area (Å²) in [5.74, 6) is 1.64. The van der Waals surface area contributed by atoms with Gasteiger partial charge in [-0.3, -0.25) is 4.90 Å². The lowest BCUT2D eigenvalue weighted by atomic mass is 9.75. The Morgan fingerprint density at radius 2 is 2.05 bits per heavy atom. The van der Waals surface area contributed by atoms with E-state index < -0.39 is 0 Å². The molecule has 2 aliphatic rings. The maximum absolute atomic E-state index is 6.06. The van der Waals surface area contributed by atoms with Gasteiger partial charge in [-0.25, -0.2) is 0 Å². The van der Waals surface area contributed by atoms with Gasteiger partial charge in [0.15, 0.2) is 0 Å². The second kappa shape index (κ2) is 8.35. The molecule has 20 heavy (non-hydrogen) atoms. The van der Waals surface area contributed by atoms with Gasteiger partial charge < -0.3 is 10.5 Å². The molecule has 1 aliphatic carbocycles. The van der Waals surface area contributed by atoms with Crippen molar-refractivity contribution < 1.29 is 4.74 Å². The van der Waals surface area contributed by atoms with Crippen LogP contribution in [0.2, 0.25) is 0 Å². The molecule has 0 aromatic heterocycles. The highest BCUT2D eigenvalue weighted by atomic mass is 16.5. The first kappa shape index (κ1) is 16.3. The number of piperidine rings is 1. The highest BCUT2D eigenvalue weighted by Crippen LogP contribution is 2.35. The van der Waals surface area contributed by atoms with Crippen LogP contribution in [0.15, 0.2) is 0 Å². The minimum Gasteiger partial charge on any atom is -0.377 e. The fraction of sp³-hybridized carbons (Fsp3) is 1.00. The molecule has 4 unspecified atom stereocenters. The highest BCUT2D eigenvalue weighted by molar-refractivity contribution is 4.90. The Labute approximate surface area is 125 Å². The minimum absolute atomic E-state index is 0.457. The van der Waals surface area contributed by atoms with Gasteiger partial charge in [-0.15, -0.1) is 0 Å². The van der Waals surface area contributed by atoms with Crippen LogP contribution < -0.4 is 5.73 Å². The molecule has 2 N–H and O–H groups in total. The van der Waals surface area contributed by atoms with Crippen LogP contribution >= 0.6 is 0 Å². The lowest BCUT2D eigenvalue weighted by molar-refractivity contribution is -0.0277. The van der Waals surface area contributed by atoms with Gasteiger partial charge in [-0.1, -0.05) is 26.2 Å². The SMILES string of the molecule is CCCC1CCC(CN)C(N2CCCC(OCC)C2)C1. The van der Waals surface area contributed by atoms with Crippen LogP contribution in [0.5, 0.6) is 0 Å². The molecule has 1 aliphatic heterocycles. The zero-order valence-electron chi connectivity index (χ0n) is 13.5. The average molecular weight is 282 g/mol. The molecule has 0 aromatic rings. The molecule has 1 saturated heterocycles. The second-order valence-corrected chi connectivity index (χ2v) is 6.75. The van der Waals surface area contributed by atoms with Gasteiger partial charge in [0.25, 0.3) is 0 Å². The van der Waals surface area contributed by atoms with E-state index in [1.165, 1.54) is 51.5 Å². The molecule has 4 atom stereocenters. The van der Waals surface area contributed by atoms with Crippen LogP contribution in [0.3, 0.4) is 0 Å². The van der Waals surface area contributed by atoms with Gasteiger partial charge in [-0.05, 0) is 57.5 Å². The zero-order valence-corrected chi connectivity index (χ0v) is 13.5. The van der Waals surface area contributed by atoms with Crippen molar-refractivity contribution in [3.63, 3.8) is 0 Å². The Morgan fingerprint density at radius 3 is 2.75 bits per heavy atom. The Hall–Kier alpha value is -0.120. The highest BCUT2D eigenvalue weighted by Gasteiger charge is 2.35. The quantitative estimate of drug-likeness (QED) is 0.814. The molecule has 0 bridgehead atoms. The largest absolute Gasteiger partial charge is 0.377 e. The Balaban J connectivity index is 1.94. The third-order valence-corrected chi connectivity index (χ3v) is 5.35. The summed E-state index contributed by atoms with van der Waals surface area (Å²) in [4.78, 5) is 2.71. The van der Waals surface area contributed by atoms with Crippen LogP contribution in [0.4, 0.5) is 0 Å². The molecule has 0 amide bonds. The molecule has 3 heteroatoms. The van der Waals surface area contributed by atoms with E-state index in [9.17, 15) is 0 Å². The van der Waals surface area contributed by atoms with Crippen LogP contribution in [0, 0.1) is 11.8 Å². The summed E-state index contributed by atoms with van der Waals surface area (Å²) in [5, 5.41) is 0. The molecule has 2 rings (SSSR count). The maximum atomic E-state index is 6.06. The third-order valence-electron chi connectivity index (χ3n) is 5.35. The smallest absolute Gasteiger partial charge is 0.0702 e. The van der Waals surface area contributed by atoms with Crippen molar-refractivity contribution in [3.8, 4) is 0 Å². The average Bonchev–Trinajstić information content (AvgIpc) is 2.48. The lowest BCUT2D eigenvalue weighted by Crippen LogP contribution is -2.52. The van der Waals surface area contributed by atoms with Crippen molar-refractivity contribution in [1.82, 2.24) is 4.90 Å². The van der Waals surface area contributed by atoms with Gasteiger partial charge in [0.1, 0.15) is 0 Å². The number of hydrogen-bond donors (Lipinski definition) is 1. The molecule has 0 spiro atoms. The van der Waals surface area contributed by atoms with Crippen LogP contribution in [-0.4, -0.2) is 43.3 Å². The first-order valence-electron chi connectivity index (χ1n) is 8.84. The first-order chi connectivity index (χ1) is 9.78. The van der Waals surface area contributed by atoms with Gasteiger partial charge in [0, 0.05) is 19.2 Å². The van der Waals surface area contributed by atoms with Crippen molar-refractivity contribution >= 4 is 0 Å². The summed E-state index contributed by atoms with van der Waals surface area (Å²) in [6, 6.07) is 0.716. The Morgan fingerprint density at radius 1 is 1.20 bits per heavy atom. The Bertz CT molecular complexity index is 270. The molecular weight excluding hydrogens is 248 g/mol. The fourth-order valence-corrected chi connectivity index (χ4v) is 4.33. The molecular formula is C17H34N2O. The number of nitrogens with two attached hydrogens (primary N) is 1. The first-order valence-corrected chi connectivity index (χ1v) is 8.84. The molecule has 118 valence electrons. The van der Waals surface area contributed by atoms with E-state index in [4.69, 9.17) is 10.5 Å². The standard InChI is InChI=1S/C17H34N2O/c1-3-6-14-8-9-15(12-18)17(11-14)19-10-5-7-16(13-19)20-4-2/h14-17H,3-13,18H2,1-2H3. The normalized spacial score (nSPS) is 36.1. The summed E-state index contributed by atoms with van der Waals surface area (Å²) >= 11 is 0. The summed E-state index contributed by atoms with van der Waals surface area (Å²) in [6.45, 7) is 8.52. The van der Waals surface area contributed by atoms with E-state index in [0.29, 0.717) is 18.1 Å². The molecule has 0 aromatic carbocycles. The molecule has 3 nitrogen and oxygen atoms in total. The van der Waals surface area contributed by atoms with Crippen molar-refractivity contribution in [1.29, 1.82) is 0 Å². The summed E-state index contributed by atoms with van der Waals surface area (Å²) in [7, 11) is 0. The van der Waals surface area contributed by atoms with Crippen molar-refractivity contribution in [2.75, 3.05) is 26.2 Å². The molecule has 1 saturated carbocycles. The van der Waals surface area contributed by atoms with Gasteiger partial charge in [-0.2, -0.15) is 0 Å². The fourth-order valence-electron chi connectivity index (χ4n) is 4.33. The minimum atomic E-state index is 0.457. The lowest BCUT2D eigenvalue weighted by Gasteiger charge is -2.45.